The molecule has 0 aliphatic carbocycles. The lowest BCUT2D eigenvalue weighted by Crippen LogP contribution is -2.29. The van der Waals surface area contributed by atoms with E-state index in [-0.39, 0.29) is 0 Å². The van der Waals surface area contributed by atoms with Crippen LogP contribution in [0.2, 0.25) is 0 Å². The average molecular weight is 368 g/mol. The average Bonchev–Trinajstić information content (AvgIpc) is 2.48. The van der Waals surface area contributed by atoms with Crippen molar-refractivity contribution in [2.24, 2.45) is 0 Å². The molecule has 0 aliphatic heterocycles. The van der Waals surface area contributed by atoms with Crippen LogP contribution in [0.4, 0.5) is 0 Å². The minimum atomic E-state index is -3.44. The summed E-state index contributed by atoms with van der Waals surface area (Å²) < 4.78 is 27.4. The zero-order valence-electron chi connectivity index (χ0n) is 12.1. The van der Waals surface area contributed by atoms with Crippen LogP contribution in [0.25, 0.3) is 0 Å². The molecule has 2 rings (SSSR count). The zero-order chi connectivity index (χ0) is 15.5. The second kappa shape index (κ2) is 6.73. The summed E-state index contributed by atoms with van der Waals surface area (Å²) in [7, 11) is -1.82. The molecule has 0 aliphatic rings. The highest BCUT2D eigenvalue weighted by molar-refractivity contribution is 9.10. The van der Waals surface area contributed by atoms with Gasteiger partial charge in [0.05, 0.1) is 4.90 Å². The molecular formula is C16H18BrNO2S. The number of rotatable bonds is 5. The number of likely N-dealkylation sites (N-methyl/N-ethyl adjacent to an activating group) is 1. The molecule has 0 fully saturated rings. The fraction of sp³-hybridized carbons (Fsp3) is 0.250. The molecule has 5 heteroatoms. The van der Waals surface area contributed by atoms with Crippen molar-refractivity contribution < 1.29 is 8.42 Å². The van der Waals surface area contributed by atoms with E-state index in [4.69, 9.17) is 0 Å². The van der Waals surface area contributed by atoms with Gasteiger partial charge in [0.15, 0.2) is 0 Å². The quantitative estimate of drug-likeness (QED) is 0.809. The van der Waals surface area contributed by atoms with Gasteiger partial charge in [-0.25, -0.2) is 12.7 Å². The van der Waals surface area contributed by atoms with Gasteiger partial charge < -0.3 is 0 Å². The van der Waals surface area contributed by atoms with Crippen LogP contribution in [0, 0.1) is 6.92 Å². The van der Waals surface area contributed by atoms with Gasteiger partial charge in [-0.15, -0.1) is 0 Å². The van der Waals surface area contributed by atoms with Gasteiger partial charge in [-0.1, -0.05) is 46.3 Å². The molecular weight excluding hydrogens is 350 g/mol. The molecule has 2 aromatic carbocycles. The van der Waals surface area contributed by atoms with Gasteiger partial charge >= 0.3 is 0 Å². The maximum absolute atomic E-state index is 12.5. The second-order valence-corrected chi connectivity index (χ2v) is 7.87. The highest BCUT2D eigenvalue weighted by Crippen LogP contribution is 2.22. The summed E-state index contributed by atoms with van der Waals surface area (Å²) in [5.74, 6) is 0. The Morgan fingerprint density at radius 3 is 2.38 bits per heavy atom. The van der Waals surface area contributed by atoms with Crippen LogP contribution in [0.5, 0.6) is 0 Å². The molecule has 0 unspecified atom stereocenters. The predicted octanol–water partition coefficient (Wildman–Crippen LogP) is 3.62. The van der Waals surface area contributed by atoms with E-state index in [2.05, 4.69) is 15.9 Å². The molecule has 0 amide bonds. The van der Waals surface area contributed by atoms with E-state index in [0.29, 0.717) is 17.9 Å². The van der Waals surface area contributed by atoms with Crippen LogP contribution in [-0.4, -0.2) is 26.3 Å². The summed E-state index contributed by atoms with van der Waals surface area (Å²) >= 11 is 3.39. The van der Waals surface area contributed by atoms with Crippen LogP contribution < -0.4 is 0 Å². The number of halogens is 1. The molecule has 0 bridgehead atoms. The van der Waals surface area contributed by atoms with Gasteiger partial charge in [0.1, 0.15) is 0 Å². The van der Waals surface area contributed by atoms with E-state index in [1.165, 1.54) is 4.31 Å². The number of hydrogen-bond donors (Lipinski definition) is 0. The minimum Gasteiger partial charge on any atom is -0.207 e. The molecule has 3 nitrogen and oxygen atoms in total. The second-order valence-electron chi connectivity index (χ2n) is 4.97. The van der Waals surface area contributed by atoms with E-state index in [1.54, 1.807) is 25.2 Å². The van der Waals surface area contributed by atoms with Crippen LogP contribution in [0.3, 0.4) is 0 Å². The van der Waals surface area contributed by atoms with Crippen LogP contribution in [-0.2, 0) is 16.4 Å². The van der Waals surface area contributed by atoms with E-state index >= 15 is 0 Å². The summed E-state index contributed by atoms with van der Waals surface area (Å²) in [6, 6.07) is 15.0. The van der Waals surface area contributed by atoms with E-state index in [0.717, 1.165) is 15.6 Å². The Balaban J connectivity index is 2.13. The number of aryl methyl sites for hydroxylation is 1. The first-order valence-electron chi connectivity index (χ1n) is 6.67. The third kappa shape index (κ3) is 3.93. The lowest BCUT2D eigenvalue weighted by Gasteiger charge is -2.17. The molecule has 0 spiro atoms. The Bertz CT molecular complexity index is 714. The summed E-state index contributed by atoms with van der Waals surface area (Å²) in [4.78, 5) is 0.332. The van der Waals surface area contributed by atoms with Gasteiger partial charge in [0, 0.05) is 18.1 Å². The lowest BCUT2D eigenvalue weighted by molar-refractivity contribution is 0.472. The highest BCUT2D eigenvalue weighted by atomic mass is 79.9. The molecule has 0 heterocycles. The first-order valence-corrected chi connectivity index (χ1v) is 8.91. The molecule has 0 atom stereocenters. The zero-order valence-corrected chi connectivity index (χ0v) is 14.5. The van der Waals surface area contributed by atoms with Crippen molar-refractivity contribution in [1.29, 1.82) is 0 Å². The number of hydrogen-bond acceptors (Lipinski definition) is 2. The maximum Gasteiger partial charge on any atom is 0.242 e. The third-order valence-electron chi connectivity index (χ3n) is 3.40. The Morgan fingerprint density at radius 1 is 1.10 bits per heavy atom. The van der Waals surface area contributed by atoms with E-state index in [9.17, 15) is 8.42 Å². The number of benzene rings is 2. The molecule has 2 aromatic rings. The minimum absolute atomic E-state index is 0.332. The molecule has 0 radical (unpaired) electrons. The summed E-state index contributed by atoms with van der Waals surface area (Å²) in [6.07, 6.45) is 0.700. The fourth-order valence-corrected chi connectivity index (χ4v) is 3.51. The molecule has 112 valence electrons. The summed E-state index contributed by atoms with van der Waals surface area (Å²) in [5, 5.41) is 0. The standard InChI is InChI=1S/C16H18BrNO2S/c1-13-12-15(8-9-16(13)17)21(19,20)18(2)11-10-14-6-4-3-5-7-14/h3-9,12H,10-11H2,1-2H3. The van der Waals surface area contributed by atoms with Crippen molar-refractivity contribution in [3.05, 3.63) is 64.1 Å². The van der Waals surface area contributed by atoms with Gasteiger partial charge in [-0.2, -0.15) is 0 Å². The van der Waals surface area contributed by atoms with E-state index in [1.807, 2.05) is 37.3 Å². The highest BCUT2D eigenvalue weighted by Gasteiger charge is 2.20. The van der Waals surface area contributed by atoms with Crippen LogP contribution >= 0.6 is 15.9 Å². The third-order valence-corrected chi connectivity index (χ3v) is 6.14. The van der Waals surface area contributed by atoms with Gasteiger partial charge in [-0.05, 0) is 42.7 Å². The number of nitrogens with zero attached hydrogens (tertiary/aromatic N) is 1. The van der Waals surface area contributed by atoms with Crippen molar-refractivity contribution in [3.63, 3.8) is 0 Å². The first kappa shape index (κ1) is 16.2. The molecule has 0 N–H and O–H groups in total. The normalized spacial score (nSPS) is 11.8. The van der Waals surface area contributed by atoms with Gasteiger partial charge in [0.25, 0.3) is 0 Å². The van der Waals surface area contributed by atoms with Crippen molar-refractivity contribution in [1.82, 2.24) is 4.31 Å². The summed E-state index contributed by atoms with van der Waals surface area (Å²) in [6.45, 7) is 2.34. The Hall–Kier alpha value is -1.17. The largest absolute Gasteiger partial charge is 0.242 e. The Labute approximate surface area is 134 Å². The fourth-order valence-electron chi connectivity index (χ4n) is 2.01. The molecule has 21 heavy (non-hydrogen) atoms. The van der Waals surface area contributed by atoms with Crippen molar-refractivity contribution in [2.75, 3.05) is 13.6 Å². The number of sulfonamides is 1. The van der Waals surface area contributed by atoms with Gasteiger partial charge in [0.2, 0.25) is 10.0 Å². The molecule has 0 saturated carbocycles. The smallest absolute Gasteiger partial charge is 0.207 e. The first-order chi connectivity index (χ1) is 9.91. The van der Waals surface area contributed by atoms with Crippen LogP contribution in [0.15, 0.2) is 57.9 Å². The topological polar surface area (TPSA) is 37.4 Å². The maximum atomic E-state index is 12.5. The SMILES string of the molecule is Cc1cc(S(=O)(=O)N(C)CCc2ccccc2)ccc1Br. The van der Waals surface area contributed by atoms with Crippen molar-refractivity contribution >= 4 is 26.0 Å². The molecule has 0 saturated heterocycles. The van der Waals surface area contributed by atoms with Crippen molar-refractivity contribution in [3.8, 4) is 0 Å². The lowest BCUT2D eigenvalue weighted by atomic mass is 10.2. The monoisotopic (exact) mass is 367 g/mol. The van der Waals surface area contributed by atoms with Gasteiger partial charge in [-0.3, -0.25) is 0 Å². The summed E-state index contributed by atoms with van der Waals surface area (Å²) in [5.41, 5.74) is 2.04. The van der Waals surface area contributed by atoms with Crippen LogP contribution in [0.1, 0.15) is 11.1 Å². The Morgan fingerprint density at radius 2 is 1.76 bits per heavy atom. The predicted molar refractivity (Wildman–Crippen MR) is 88.8 cm³/mol. The Kier molecular flexibility index (Phi) is 5.19. The van der Waals surface area contributed by atoms with Crippen molar-refractivity contribution in [2.45, 2.75) is 18.2 Å². The van der Waals surface area contributed by atoms with E-state index < -0.39 is 10.0 Å². The molecule has 0 aromatic heterocycles.